The smallest absolute Gasteiger partial charge is 0.304 e. The van der Waals surface area contributed by atoms with Crippen molar-refractivity contribution in [3.05, 3.63) is 12.7 Å². The maximum atomic E-state index is 10.1. The topological polar surface area (TPSA) is 76.0 Å². The summed E-state index contributed by atoms with van der Waals surface area (Å²) >= 11 is -2.37. The Morgan fingerprint density at radius 2 is 2.33 bits per heavy atom. The quantitative estimate of drug-likeness (QED) is 0.342. The number of aliphatic hydroxyl groups is 1. The summed E-state index contributed by atoms with van der Waals surface area (Å²) in [6, 6.07) is 0. The minimum Gasteiger partial charge on any atom is -0.396 e. The number of hydrogen-bond acceptors (Lipinski definition) is 4. The molecule has 0 aromatic heterocycles. The van der Waals surface area contributed by atoms with E-state index in [1.54, 1.807) is 0 Å². The molecule has 2 atom stereocenters. The van der Waals surface area contributed by atoms with Crippen molar-refractivity contribution in [2.24, 2.45) is 0 Å². The molecule has 72 valence electrons. The van der Waals surface area contributed by atoms with Crippen molar-refractivity contribution >= 4 is 11.4 Å². The molecule has 0 radical (unpaired) electrons. The van der Waals surface area contributed by atoms with Crippen LogP contribution in [0.25, 0.3) is 0 Å². The number of aliphatic hydroxyl groups excluding tert-OH is 1. The zero-order valence-corrected chi connectivity index (χ0v) is 7.33. The first-order chi connectivity index (χ1) is 5.70. The summed E-state index contributed by atoms with van der Waals surface area (Å²) in [4.78, 5) is 0. The van der Waals surface area contributed by atoms with Gasteiger partial charge in [0.2, 0.25) is 0 Å². The molecule has 0 amide bonds. The van der Waals surface area contributed by atoms with Crippen LogP contribution >= 0.6 is 0 Å². The molecule has 0 aliphatic rings. The summed E-state index contributed by atoms with van der Waals surface area (Å²) in [7, 11) is 0. The number of hydrogen-bond donors (Lipinski definition) is 2. The third-order valence-electron chi connectivity index (χ3n) is 0.954. The van der Waals surface area contributed by atoms with Crippen molar-refractivity contribution in [3.8, 4) is 0 Å². The molecule has 0 aromatic rings. The molecule has 2 N–H and O–H groups in total. The van der Waals surface area contributed by atoms with Crippen LogP contribution < -0.4 is 0 Å². The maximum Gasteiger partial charge on any atom is 0.304 e. The first kappa shape index (κ1) is 11.7. The van der Waals surface area contributed by atoms with Gasteiger partial charge in [0.15, 0.2) is 6.29 Å². The zero-order valence-electron chi connectivity index (χ0n) is 6.51. The van der Waals surface area contributed by atoms with Gasteiger partial charge >= 0.3 is 11.4 Å². The normalized spacial score (nSPS) is 15.5. The first-order valence-corrected chi connectivity index (χ1v) is 4.35. The first-order valence-electron chi connectivity index (χ1n) is 3.32. The number of rotatable bonds is 7. The molecule has 0 saturated heterocycles. The van der Waals surface area contributed by atoms with E-state index < -0.39 is 17.7 Å². The highest BCUT2D eigenvalue weighted by Gasteiger charge is 2.10. The fourth-order valence-electron chi connectivity index (χ4n) is 0.532. The van der Waals surface area contributed by atoms with E-state index in [0.717, 1.165) is 0 Å². The lowest BCUT2D eigenvalue weighted by molar-refractivity contribution is -0.0770. The standard InChI is InChI=1S/C6H12O5S/c1-2-5-10-6(3-4-7)11-12(8)9/h2,6-7H,1,3-5H2,(H,8,9). The van der Waals surface area contributed by atoms with E-state index in [9.17, 15) is 4.21 Å². The van der Waals surface area contributed by atoms with Gasteiger partial charge in [-0.1, -0.05) is 6.08 Å². The molecule has 5 nitrogen and oxygen atoms in total. The van der Waals surface area contributed by atoms with Gasteiger partial charge in [0.05, 0.1) is 6.61 Å². The molecule has 0 heterocycles. The van der Waals surface area contributed by atoms with Crippen molar-refractivity contribution < 1.29 is 22.8 Å². The molecule has 12 heavy (non-hydrogen) atoms. The van der Waals surface area contributed by atoms with Crippen LogP contribution in [0, 0.1) is 0 Å². The zero-order chi connectivity index (χ0) is 9.40. The molecule has 0 aliphatic carbocycles. The maximum absolute atomic E-state index is 10.1. The summed E-state index contributed by atoms with van der Waals surface area (Å²) in [5.74, 6) is 0. The minimum atomic E-state index is -2.37. The molecule has 0 fully saturated rings. The monoisotopic (exact) mass is 196 g/mol. The second kappa shape index (κ2) is 7.38. The average Bonchev–Trinajstić information content (AvgIpc) is 2.00. The van der Waals surface area contributed by atoms with Crippen LogP contribution in [0.4, 0.5) is 0 Å². The highest BCUT2D eigenvalue weighted by atomic mass is 32.2. The van der Waals surface area contributed by atoms with Gasteiger partial charge < -0.3 is 9.84 Å². The van der Waals surface area contributed by atoms with Crippen molar-refractivity contribution in [1.29, 1.82) is 0 Å². The van der Waals surface area contributed by atoms with Gasteiger partial charge in [0, 0.05) is 13.0 Å². The molecule has 0 bridgehead atoms. The van der Waals surface area contributed by atoms with E-state index in [2.05, 4.69) is 10.8 Å². The Bertz CT molecular complexity index is 149. The lowest BCUT2D eigenvalue weighted by Gasteiger charge is -2.12. The van der Waals surface area contributed by atoms with Crippen LogP contribution in [0.3, 0.4) is 0 Å². The van der Waals surface area contributed by atoms with Crippen LogP contribution in [0.15, 0.2) is 12.7 Å². The highest BCUT2D eigenvalue weighted by Crippen LogP contribution is 2.01. The Hall–Kier alpha value is -0.270. The van der Waals surface area contributed by atoms with Gasteiger partial charge in [-0.2, -0.15) is 4.21 Å². The minimum absolute atomic E-state index is 0.153. The molecule has 0 saturated carbocycles. The lowest BCUT2D eigenvalue weighted by atomic mass is 10.4. The van der Waals surface area contributed by atoms with Gasteiger partial charge in [-0.15, -0.1) is 6.58 Å². The second-order valence-electron chi connectivity index (χ2n) is 1.88. The lowest BCUT2D eigenvalue weighted by Crippen LogP contribution is -2.19. The Labute approximate surface area is 73.5 Å². The van der Waals surface area contributed by atoms with Gasteiger partial charge in [0.25, 0.3) is 0 Å². The van der Waals surface area contributed by atoms with Crippen molar-refractivity contribution in [3.63, 3.8) is 0 Å². The predicted octanol–water partition coefficient (Wildman–Crippen LogP) is 0.0508. The summed E-state index contributed by atoms with van der Waals surface area (Å²) in [6.07, 6.45) is 0.771. The Morgan fingerprint density at radius 3 is 2.75 bits per heavy atom. The molecular weight excluding hydrogens is 184 g/mol. The second-order valence-corrected chi connectivity index (χ2v) is 2.50. The Morgan fingerprint density at radius 1 is 1.67 bits per heavy atom. The van der Waals surface area contributed by atoms with E-state index in [4.69, 9.17) is 14.4 Å². The van der Waals surface area contributed by atoms with Crippen LogP contribution in [0.5, 0.6) is 0 Å². The van der Waals surface area contributed by atoms with Crippen molar-refractivity contribution in [1.82, 2.24) is 0 Å². The largest absolute Gasteiger partial charge is 0.396 e. The summed E-state index contributed by atoms with van der Waals surface area (Å²) in [5.41, 5.74) is 0. The molecule has 0 aromatic carbocycles. The predicted molar refractivity (Wildman–Crippen MR) is 43.5 cm³/mol. The van der Waals surface area contributed by atoms with E-state index in [-0.39, 0.29) is 19.6 Å². The molecule has 6 heteroatoms. The summed E-state index contributed by atoms with van der Waals surface area (Å²) in [5, 5.41) is 8.48. The summed E-state index contributed by atoms with van der Waals surface area (Å²) < 4.78 is 27.7. The third-order valence-corrected chi connectivity index (χ3v) is 1.33. The Kier molecular flexibility index (Phi) is 7.22. The van der Waals surface area contributed by atoms with E-state index in [1.165, 1.54) is 6.08 Å². The van der Waals surface area contributed by atoms with E-state index >= 15 is 0 Å². The summed E-state index contributed by atoms with van der Waals surface area (Å²) in [6.45, 7) is 3.43. The number of ether oxygens (including phenoxy) is 1. The molecular formula is C6H12O5S. The van der Waals surface area contributed by atoms with Gasteiger partial charge in [-0.25, -0.2) is 4.18 Å². The fraction of sp³-hybridized carbons (Fsp3) is 0.667. The van der Waals surface area contributed by atoms with Crippen molar-refractivity contribution in [2.75, 3.05) is 13.2 Å². The molecule has 0 spiro atoms. The molecule has 0 rings (SSSR count). The molecule has 0 aliphatic heterocycles. The third kappa shape index (κ3) is 6.44. The van der Waals surface area contributed by atoms with Gasteiger partial charge in [-0.05, 0) is 0 Å². The van der Waals surface area contributed by atoms with Crippen LogP contribution in [-0.4, -0.2) is 33.4 Å². The van der Waals surface area contributed by atoms with Crippen LogP contribution in [0.2, 0.25) is 0 Å². The highest BCUT2D eigenvalue weighted by molar-refractivity contribution is 7.74. The van der Waals surface area contributed by atoms with Crippen LogP contribution in [0.1, 0.15) is 6.42 Å². The fourth-order valence-corrected chi connectivity index (χ4v) is 0.867. The Balaban J connectivity index is 3.68. The van der Waals surface area contributed by atoms with Gasteiger partial charge in [-0.3, -0.25) is 4.55 Å². The van der Waals surface area contributed by atoms with E-state index in [1.807, 2.05) is 0 Å². The SMILES string of the molecule is C=CCOC(CCO)OS(=O)O. The molecule has 2 unspecified atom stereocenters. The van der Waals surface area contributed by atoms with Crippen molar-refractivity contribution in [2.45, 2.75) is 12.7 Å². The van der Waals surface area contributed by atoms with Gasteiger partial charge in [0.1, 0.15) is 0 Å². The van der Waals surface area contributed by atoms with Crippen LogP contribution in [-0.2, 0) is 20.3 Å². The van der Waals surface area contributed by atoms with E-state index in [0.29, 0.717) is 0 Å². The average molecular weight is 196 g/mol.